The van der Waals surface area contributed by atoms with Crippen molar-refractivity contribution in [2.45, 2.75) is 75.9 Å². The van der Waals surface area contributed by atoms with Crippen LogP contribution in [-0.2, 0) is 18.9 Å². The summed E-state index contributed by atoms with van der Waals surface area (Å²) in [5.74, 6) is -1.58. The van der Waals surface area contributed by atoms with Gasteiger partial charge in [-0.05, 0) is 27.7 Å². The molecule has 0 amide bonds. The molecule has 1 saturated carbocycles. The van der Waals surface area contributed by atoms with Crippen LogP contribution in [0.25, 0.3) is 0 Å². The van der Waals surface area contributed by atoms with E-state index in [1.165, 1.54) is 0 Å². The number of aliphatic hydroxyl groups is 2. The first-order valence-electron chi connectivity index (χ1n) is 6.28. The first-order chi connectivity index (χ1) is 8.20. The molecule has 2 aliphatic heterocycles. The maximum absolute atomic E-state index is 10.1. The summed E-state index contributed by atoms with van der Waals surface area (Å²) >= 11 is 0. The second kappa shape index (κ2) is 3.65. The molecule has 3 rings (SSSR count). The third-order valence-electron chi connectivity index (χ3n) is 3.67. The highest BCUT2D eigenvalue weighted by atomic mass is 16.8. The lowest BCUT2D eigenvalue weighted by Gasteiger charge is -2.38. The van der Waals surface area contributed by atoms with Crippen LogP contribution in [-0.4, -0.2) is 58.4 Å². The summed E-state index contributed by atoms with van der Waals surface area (Å²) in [6.07, 6.45) is -4.09. The Morgan fingerprint density at radius 3 is 1.22 bits per heavy atom. The van der Waals surface area contributed by atoms with Gasteiger partial charge in [0.15, 0.2) is 11.6 Å². The van der Waals surface area contributed by atoms with E-state index in [2.05, 4.69) is 0 Å². The average Bonchev–Trinajstić information content (AvgIpc) is 2.71. The molecule has 2 saturated heterocycles. The Bertz CT molecular complexity index is 320. The van der Waals surface area contributed by atoms with Gasteiger partial charge in [0.1, 0.15) is 36.6 Å². The van der Waals surface area contributed by atoms with Crippen LogP contribution in [0.5, 0.6) is 0 Å². The topological polar surface area (TPSA) is 77.4 Å². The van der Waals surface area contributed by atoms with E-state index in [0.29, 0.717) is 0 Å². The fourth-order valence-corrected chi connectivity index (χ4v) is 3.06. The standard InChI is InChI=1S/C12H20O6/c1-11(2)15-7-5(13)6(14)8-10(9(7)17-11)18-12(3,4)16-8/h5-10,13-14H,1-4H3. The molecule has 0 spiro atoms. The molecule has 18 heavy (non-hydrogen) atoms. The van der Waals surface area contributed by atoms with Crippen molar-refractivity contribution in [1.82, 2.24) is 0 Å². The maximum atomic E-state index is 10.1. The zero-order valence-corrected chi connectivity index (χ0v) is 11.0. The van der Waals surface area contributed by atoms with E-state index in [1.807, 2.05) is 0 Å². The van der Waals surface area contributed by atoms with Gasteiger partial charge in [-0.3, -0.25) is 0 Å². The first-order valence-corrected chi connectivity index (χ1v) is 6.28. The molecule has 0 aromatic rings. The number of hydrogen-bond acceptors (Lipinski definition) is 6. The van der Waals surface area contributed by atoms with E-state index in [4.69, 9.17) is 18.9 Å². The van der Waals surface area contributed by atoms with Crippen molar-refractivity contribution >= 4 is 0 Å². The predicted octanol–water partition coefficient (Wildman–Crippen LogP) is -0.238. The van der Waals surface area contributed by atoms with Gasteiger partial charge in [-0.2, -0.15) is 0 Å². The van der Waals surface area contributed by atoms with Crippen LogP contribution < -0.4 is 0 Å². The smallest absolute Gasteiger partial charge is 0.164 e. The van der Waals surface area contributed by atoms with Gasteiger partial charge in [0, 0.05) is 0 Å². The van der Waals surface area contributed by atoms with Crippen LogP contribution in [0.2, 0.25) is 0 Å². The zero-order chi connectivity index (χ0) is 13.3. The van der Waals surface area contributed by atoms with E-state index < -0.39 is 48.2 Å². The lowest BCUT2D eigenvalue weighted by Crippen LogP contribution is -2.61. The van der Waals surface area contributed by atoms with E-state index in [-0.39, 0.29) is 0 Å². The van der Waals surface area contributed by atoms with E-state index in [1.54, 1.807) is 27.7 Å². The Balaban J connectivity index is 1.91. The minimum atomic E-state index is -1.03. The van der Waals surface area contributed by atoms with Gasteiger partial charge in [-0.15, -0.1) is 0 Å². The van der Waals surface area contributed by atoms with E-state index >= 15 is 0 Å². The van der Waals surface area contributed by atoms with Crippen molar-refractivity contribution < 1.29 is 29.2 Å². The molecular weight excluding hydrogens is 240 g/mol. The SMILES string of the molecule is CC1(C)OC2C(O)C(O)C3OC(C)(C)OC3C2O1. The number of ether oxygens (including phenoxy) is 4. The van der Waals surface area contributed by atoms with Crippen LogP contribution in [0.4, 0.5) is 0 Å². The maximum Gasteiger partial charge on any atom is 0.164 e. The average molecular weight is 260 g/mol. The van der Waals surface area contributed by atoms with Crippen LogP contribution in [0.1, 0.15) is 27.7 Å². The Morgan fingerprint density at radius 2 is 0.889 bits per heavy atom. The third-order valence-corrected chi connectivity index (χ3v) is 3.67. The Hall–Kier alpha value is -0.240. The fourth-order valence-electron chi connectivity index (χ4n) is 3.06. The van der Waals surface area contributed by atoms with Crippen molar-refractivity contribution in [1.29, 1.82) is 0 Å². The highest BCUT2D eigenvalue weighted by Gasteiger charge is 2.62. The Morgan fingerprint density at radius 1 is 0.611 bits per heavy atom. The first kappa shape index (κ1) is 12.8. The number of hydrogen-bond donors (Lipinski definition) is 2. The van der Waals surface area contributed by atoms with Crippen molar-refractivity contribution in [2.75, 3.05) is 0 Å². The van der Waals surface area contributed by atoms with E-state index in [0.717, 1.165) is 0 Å². The number of fused-ring (bicyclic) bond motifs is 3. The van der Waals surface area contributed by atoms with Gasteiger partial charge in [-0.25, -0.2) is 0 Å². The lowest BCUT2D eigenvalue weighted by molar-refractivity contribution is -0.185. The van der Waals surface area contributed by atoms with Crippen LogP contribution in [0.3, 0.4) is 0 Å². The second-order valence-electron chi connectivity index (χ2n) is 6.11. The summed E-state index contributed by atoms with van der Waals surface area (Å²) in [5.41, 5.74) is 0. The monoisotopic (exact) mass is 260 g/mol. The second-order valence-corrected chi connectivity index (χ2v) is 6.11. The third kappa shape index (κ3) is 1.79. The summed E-state index contributed by atoms with van der Waals surface area (Å²) in [6.45, 7) is 7.11. The van der Waals surface area contributed by atoms with E-state index in [9.17, 15) is 10.2 Å². The van der Waals surface area contributed by atoms with Crippen molar-refractivity contribution in [3.05, 3.63) is 0 Å². The van der Waals surface area contributed by atoms with Gasteiger partial charge >= 0.3 is 0 Å². The molecule has 1 aliphatic carbocycles. The van der Waals surface area contributed by atoms with Crippen LogP contribution in [0.15, 0.2) is 0 Å². The summed E-state index contributed by atoms with van der Waals surface area (Å²) < 4.78 is 22.8. The van der Waals surface area contributed by atoms with Crippen molar-refractivity contribution in [3.63, 3.8) is 0 Å². The van der Waals surface area contributed by atoms with Gasteiger partial charge < -0.3 is 29.2 Å². The Kier molecular flexibility index (Phi) is 2.59. The number of rotatable bonds is 0. The van der Waals surface area contributed by atoms with Crippen LogP contribution >= 0.6 is 0 Å². The molecule has 0 aromatic heterocycles. The normalized spacial score (nSPS) is 53.0. The van der Waals surface area contributed by atoms with Crippen molar-refractivity contribution in [3.8, 4) is 0 Å². The van der Waals surface area contributed by atoms with Crippen molar-refractivity contribution in [2.24, 2.45) is 0 Å². The quantitative estimate of drug-likeness (QED) is 0.626. The molecule has 3 aliphatic rings. The van der Waals surface area contributed by atoms with Gasteiger partial charge in [-0.1, -0.05) is 0 Å². The minimum Gasteiger partial charge on any atom is -0.387 e. The fraction of sp³-hybridized carbons (Fsp3) is 1.00. The highest BCUT2D eigenvalue weighted by Crippen LogP contribution is 2.44. The largest absolute Gasteiger partial charge is 0.387 e. The van der Waals surface area contributed by atoms with Gasteiger partial charge in [0.25, 0.3) is 0 Å². The molecule has 2 N–H and O–H groups in total. The van der Waals surface area contributed by atoms with Gasteiger partial charge in [0.05, 0.1) is 0 Å². The lowest BCUT2D eigenvalue weighted by atomic mass is 9.85. The summed E-state index contributed by atoms with van der Waals surface area (Å²) in [6, 6.07) is 0. The summed E-state index contributed by atoms with van der Waals surface area (Å²) in [4.78, 5) is 0. The summed E-state index contributed by atoms with van der Waals surface area (Å²) in [7, 11) is 0. The highest BCUT2D eigenvalue weighted by molar-refractivity contribution is 5.07. The van der Waals surface area contributed by atoms with Gasteiger partial charge in [0.2, 0.25) is 0 Å². The molecule has 3 fully saturated rings. The molecule has 2 heterocycles. The predicted molar refractivity (Wildman–Crippen MR) is 59.7 cm³/mol. The summed E-state index contributed by atoms with van der Waals surface area (Å²) in [5, 5.41) is 20.2. The zero-order valence-electron chi connectivity index (χ0n) is 11.0. The Labute approximate surface area is 106 Å². The molecule has 6 unspecified atom stereocenters. The minimum absolute atomic E-state index is 0.426. The molecule has 0 aromatic carbocycles. The molecule has 6 atom stereocenters. The molecular formula is C12H20O6. The molecule has 104 valence electrons. The molecule has 6 nitrogen and oxygen atoms in total. The molecule has 0 radical (unpaired) electrons. The molecule has 0 bridgehead atoms. The number of aliphatic hydroxyl groups excluding tert-OH is 2. The molecule has 6 heteroatoms. The van der Waals surface area contributed by atoms with Crippen LogP contribution in [0, 0.1) is 0 Å².